The molecule has 0 bridgehead atoms. The van der Waals surface area contributed by atoms with Gasteiger partial charge in [0.2, 0.25) is 23.6 Å². The van der Waals surface area contributed by atoms with Crippen molar-refractivity contribution in [3.05, 3.63) is 54.1 Å². The Morgan fingerprint density at radius 2 is 1.42 bits per heavy atom. The molecule has 4 amide bonds. The first kappa shape index (κ1) is 41.1. The maximum absolute atomic E-state index is 13.9. The van der Waals surface area contributed by atoms with Gasteiger partial charge in [-0.25, -0.2) is 9.78 Å². The number of imidazole rings is 1. The summed E-state index contributed by atoms with van der Waals surface area (Å²) < 4.78 is 0. The van der Waals surface area contributed by atoms with Gasteiger partial charge in [0.15, 0.2) is 5.96 Å². The van der Waals surface area contributed by atoms with Gasteiger partial charge in [-0.05, 0) is 50.6 Å². The van der Waals surface area contributed by atoms with Crippen molar-refractivity contribution in [1.29, 1.82) is 5.41 Å². The summed E-state index contributed by atoms with van der Waals surface area (Å²) in [4.78, 5) is 73.0. The van der Waals surface area contributed by atoms with Gasteiger partial charge in [-0.3, -0.25) is 24.6 Å². The molecule has 50 heavy (non-hydrogen) atoms. The molecule has 0 saturated heterocycles. The lowest BCUT2D eigenvalue weighted by atomic mass is 10.0. The van der Waals surface area contributed by atoms with Crippen LogP contribution >= 0.6 is 0 Å². The van der Waals surface area contributed by atoms with Crippen molar-refractivity contribution in [3.63, 3.8) is 0 Å². The van der Waals surface area contributed by atoms with Crippen LogP contribution in [0, 0.1) is 5.41 Å². The van der Waals surface area contributed by atoms with Gasteiger partial charge in [0, 0.05) is 25.6 Å². The van der Waals surface area contributed by atoms with E-state index >= 15 is 0 Å². The molecule has 5 atom stereocenters. The number of nitrogens with two attached hydrogens (primary N) is 3. The molecule has 0 aliphatic rings. The Bertz CT molecular complexity index is 1360. The number of nitrogens with zero attached hydrogens (tertiary/aromatic N) is 1. The van der Waals surface area contributed by atoms with Crippen LogP contribution in [0.25, 0.3) is 0 Å². The molecule has 17 heteroatoms. The summed E-state index contributed by atoms with van der Waals surface area (Å²) in [5.41, 5.74) is 18.1. The first-order valence-corrected chi connectivity index (χ1v) is 16.9. The van der Waals surface area contributed by atoms with E-state index in [9.17, 15) is 29.1 Å². The Labute approximate surface area is 292 Å². The maximum Gasteiger partial charge on any atom is 0.326 e. The summed E-state index contributed by atoms with van der Waals surface area (Å²) in [6.07, 6.45) is 6.71. The number of amides is 4. The fraction of sp³-hybridized carbons (Fsp3) is 0.545. The van der Waals surface area contributed by atoms with Crippen LogP contribution in [0.3, 0.4) is 0 Å². The zero-order chi connectivity index (χ0) is 36.9. The number of carboxylic acids is 1. The van der Waals surface area contributed by atoms with E-state index in [0.29, 0.717) is 37.1 Å². The molecule has 14 N–H and O–H groups in total. The number of carbonyl (C=O) groups is 5. The number of nitrogens with one attached hydrogen (secondary N) is 7. The van der Waals surface area contributed by atoms with E-state index in [2.05, 4.69) is 36.6 Å². The maximum atomic E-state index is 13.9. The third-order valence-corrected chi connectivity index (χ3v) is 7.90. The molecule has 1 aromatic heterocycles. The molecule has 0 radical (unpaired) electrons. The second-order valence-electron chi connectivity index (χ2n) is 12.1. The van der Waals surface area contributed by atoms with Gasteiger partial charge in [0.25, 0.3) is 0 Å². The molecule has 2 rings (SSSR count). The summed E-state index contributed by atoms with van der Waals surface area (Å²) >= 11 is 0. The van der Waals surface area contributed by atoms with Crippen LogP contribution in [0.15, 0.2) is 42.9 Å². The van der Waals surface area contributed by atoms with Crippen LogP contribution in [0.1, 0.15) is 69.5 Å². The smallest absolute Gasteiger partial charge is 0.326 e. The van der Waals surface area contributed by atoms with Gasteiger partial charge in [-0.1, -0.05) is 50.1 Å². The van der Waals surface area contributed by atoms with Gasteiger partial charge in [0.05, 0.1) is 18.1 Å². The average molecular weight is 700 g/mol. The lowest BCUT2D eigenvalue weighted by Gasteiger charge is -2.26. The van der Waals surface area contributed by atoms with Crippen molar-refractivity contribution in [2.45, 2.75) is 101 Å². The monoisotopic (exact) mass is 699 g/mol. The van der Waals surface area contributed by atoms with Crippen molar-refractivity contribution in [3.8, 4) is 0 Å². The van der Waals surface area contributed by atoms with Crippen LogP contribution in [-0.2, 0) is 36.8 Å². The fourth-order valence-electron chi connectivity index (χ4n) is 5.08. The Morgan fingerprint density at radius 1 is 0.820 bits per heavy atom. The van der Waals surface area contributed by atoms with Crippen LogP contribution in [0.5, 0.6) is 0 Å². The summed E-state index contributed by atoms with van der Waals surface area (Å²) in [5.74, 6) is -4.10. The summed E-state index contributed by atoms with van der Waals surface area (Å²) in [6.45, 7) is 2.60. The minimum Gasteiger partial charge on any atom is -0.480 e. The molecule has 0 unspecified atom stereocenters. The SMILES string of the molecule is CCCC[C@H](N)C(=O)N[C@@H](CCCCN)C(=O)N[C@@H](Cc1c[nH]cn1)C(=O)N[C@H](Cc1ccccc1)C(=O)N[C@@H](CCCNC(=N)N)C(=O)O. The number of aromatic amines is 1. The Hall–Kier alpha value is -5.03. The van der Waals surface area contributed by atoms with Gasteiger partial charge in [0.1, 0.15) is 24.2 Å². The normalized spacial score (nSPS) is 13.9. The van der Waals surface area contributed by atoms with Gasteiger partial charge < -0.3 is 53.9 Å². The second-order valence-corrected chi connectivity index (χ2v) is 12.1. The minimum absolute atomic E-state index is 0.0210. The number of aliphatic carboxylic acids is 1. The number of benzene rings is 1. The molecule has 276 valence electrons. The molecule has 0 fully saturated rings. The lowest BCUT2D eigenvalue weighted by Crippen LogP contribution is -2.59. The van der Waals surface area contributed by atoms with Gasteiger partial charge in [-0.15, -0.1) is 0 Å². The highest BCUT2D eigenvalue weighted by atomic mass is 16.4. The number of unbranched alkanes of at least 4 members (excludes halogenated alkanes) is 2. The first-order chi connectivity index (χ1) is 23.9. The fourth-order valence-corrected chi connectivity index (χ4v) is 5.08. The van der Waals surface area contributed by atoms with E-state index in [0.717, 1.165) is 12.8 Å². The zero-order valence-corrected chi connectivity index (χ0v) is 28.6. The molecule has 1 heterocycles. The summed E-state index contributed by atoms with van der Waals surface area (Å²) in [6, 6.07) is 3.30. The van der Waals surface area contributed by atoms with E-state index in [1.807, 2.05) is 6.92 Å². The number of hydrogen-bond acceptors (Lipinski definition) is 9. The van der Waals surface area contributed by atoms with E-state index in [-0.39, 0.29) is 44.6 Å². The van der Waals surface area contributed by atoms with Crippen LogP contribution < -0.4 is 43.8 Å². The quantitative estimate of drug-likeness (QED) is 0.0364. The minimum atomic E-state index is -1.28. The Kier molecular flexibility index (Phi) is 18.6. The number of hydrogen-bond donors (Lipinski definition) is 11. The molecule has 1 aromatic carbocycles. The van der Waals surface area contributed by atoms with Gasteiger partial charge in [-0.2, -0.15) is 0 Å². The highest BCUT2D eigenvalue weighted by Gasteiger charge is 2.32. The van der Waals surface area contributed by atoms with Gasteiger partial charge >= 0.3 is 5.97 Å². The first-order valence-electron chi connectivity index (χ1n) is 16.9. The number of carboxylic acid groups (broad SMARTS) is 1. The van der Waals surface area contributed by atoms with Crippen LogP contribution in [0.4, 0.5) is 0 Å². The molecule has 2 aromatic rings. The van der Waals surface area contributed by atoms with E-state index < -0.39 is 59.8 Å². The van der Waals surface area contributed by atoms with Crippen LogP contribution in [-0.4, -0.2) is 93.9 Å². The number of rotatable bonds is 24. The number of guanidine groups is 1. The molecular formula is C33H53N11O6. The van der Waals surface area contributed by atoms with E-state index in [4.69, 9.17) is 22.6 Å². The molecule has 0 saturated carbocycles. The molecular weight excluding hydrogens is 646 g/mol. The predicted octanol–water partition coefficient (Wildman–Crippen LogP) is -0.872. The van der Waals surface area contributed by atoms with E-state index in [1.54, 1.807) is 36.5 Å². The molecule has 0 spiro atoms. The number of aromatic nitrogens is 2. The standard InChI is InChI=1S/C33H53N11O6/c1-2-3-12-23(35)28(45)41-24(13-7-8-15-34)29(46)44-27(18-22-19-38-20-40-22)31(48)43-26(17-21-10-5-4-6-11-21)30(47)42-25(32(49)50)14-9-16-39-33(36)37/h4-6,10-11,19-20,23-27H,2-3,7-9,12-18,34-35H2,1H3,(H,38,40)(H,41,45)(H,42,47)(H,43,48)(H,44,46)(H,49,50)(H4,36,37,39)/t23-,24-,25-,26+,27-/m0/s1. The van der Waals surface area contributed by atoms with Crippen molar-refractivity contribution in [2.75, 3.05) is 13.1 Å². The van der Waals surface area contributed by atoms with Crippen molar-refractivity contribution in [1.82, 2.24) is 36.6 Å². The topological polar surface area (TPSA) is 296 Å². The van der Waals surface area contributed by atoms with Crippen molar-refractivity contribution >= 4 is 35.6 Å². The average Bonchev–Trinajstić information content (AvgIpc) is 3.60. The zero-order valence-electron chi connectivity index (χ0n) is 28.6. The highest BCUT2D eigenvalue weighted by Crippen LogP contribution is 2.09. The predicted molar refractivity (Wildman–Crippen MR) is 187 cm³/mol. The largest absolute Gasteiger partial charge is 0.480 e. The second kappa shape index (κ2) is 22.6. The summed E-state index contributed by atoms with van der Waals surface area (Å²) in [5, 5.41) is 30.3. The third-order valence-electron chi connectivity index (χ3n) is 7.90. The Balaban J connectivity index is 2.31. The highest BCUT2D eigenvalue weighted by molar-refractivity contribution is 5.95. The van der Waals surface area contributed by atoms with Crippen molar-refractivity contribution in [2.24, 2.45) is 17.2 Å². The summed E-state index contributed by atoms with van der Waals surface area (Å²) in [7, 11) is 0. The molecule has 0 aliphatic carbocycles. The molecule has 0 aliphatic heterocycles. The third kappa shape index (κ3) is 15.5. The van der Waals surface area contributed by atoms with E-state index in [1.165, 1.54) is 6.33 Å². The van der Waals surface area contributed by atoms with Crippen molar-refractivity contribution < 1.29 is 29.1 Å². The Morgan fingerprint density at radius 3 is 2.00 bits per heavy atom. The van der Waals surface area contributed by atoms with Crippen LogP contribution in [0.2, 0.25) is 0 Å². The molecule has 17 nitrogen and oxygen atoms in total. The lowest BCUT2D eigenvalue weighted by molar-refractivity contribution is -0.142. The number of carbonyl (C=O) groups excluding carboxylic acids is 4. The number of H-pyrrole nitrogens is 1.